The average molecular weight is 244 g/mol. The molecule has 0 spiro atoms. The van der Waals surface area contributed by atoms with Gasteiger partial charge < -0.3 is 15.9 Å². The molecule has 1 aromatic rings. The van der Waals surface area contributed by atoms with E-state index in [9.17, 15) is 9.90 Å². The van der Waals surface area contributed by atoms with Crippen LogP contribution in [0.3, 0.4) is 0 Å². The number of nitrogens with two attached hydrogens (primary N) is 1. The highest BCUT2D eigenvalue weighted by molar-refractivity contribution is 6.31. The standard InChI is InChI=1S/C11H14ClNO3/c1-5-3-8(12)6(2)10(14)9(5)7(4-13)11(15)16/h3,7,14H,4,13H2,1-2H3,(H,15,16). The number of phenolic OH excluding ortho intramolecular Hbond substituents is 1. The molecule has 0 amide bonds. The molecule has 1 unspecified atom stereocenters. The van der Waals surface area contributed by atoms with Crippen LogP contribution >= 0.6 is 11.6 Å². The van der Waals surface area contributed by atoms with Crippen LogP contribution in [0, 0.1) is 13.8 Å². The minimum absolute atomic E-state index is 0.0647. The van der Waals surface area contributed by atoms with Gasteiger partial charge in [0.25, 0.3) is 0 Å². The van der Waals surface area contributed by atoms with Crippen molar-refractivity contribution >= 4 is 17.6 Å². The highest BCUT2D eigenvalue weighted by atomic mass is 35.5. The molecule has 1 atom stereocenters. The Morgan fingerprint density at radius 2 is 2.12 bits per heavy atom. The molecule has 1 rings (SSSR count). The number of carboxylic acids is 1. The first-order chi connectivity index (χ1) is 7.40. The minimum atomic E-state index is -1.05. The molecule has 0 aromatic heterocycles. The molecule has 0 aliphatic heterocycles. The van der Waals surface area contributed by atoms with Crippen LogP contribution in [-0.2, 0) is 4.79 Å². The van der Waals surface area contributed by atoms with Crippen molar-refractivity contribution in [1.29, 1.82) is 0 Å². The smallest absolute Gasteiger partial charge is 0.312 e. The molecule has 0 aliphatic carbocycles. The molecule has 88 valence electrons. The van der Waals surface area contributed by atoms with Gasteiger partial charge in [0.05, 0.1) is 5.92 Å². The quantitative estimate of drug-likeness (QED) is 0.756. The summed E-state index contributed by atoms with van der Waals surface area (Å²) in [7, 11) is 0. The van der Waals surface area contributed by atoms with E-state index in [1.54, 1.807) is 19.9 Å². The highest BCUT2D eigenvalue weighted by Crippen LogP contribution is 2.36. The number of rotatable bonds is 3. The summed E-state index contributed by atoms with van der Waals surface area (Å²) < 4.78 is 0. The second-order valence-corrected chi connectivity index (χ2v) is 4.10. The third-order valence-corrected chi connectivity index (χ3v) is 3.01. The van der Waals surface area contributed by atoms with E-state index in [-0.39, 0.29) is 12.3 Å². The lowest BCUT2D eigenvalue weighted by molar-refractivity contribution is -0.138. The van der Waals surface area contributed by atoms with Gasteiger partial charge in [-0.1, -0.05) is 11.6 Å². The van der Waals surface area contributed by atoms with Gasteiger partial charge in [-0.3, -0.25) is 4.79 Å². The summed E-state index contributed by atoms with van der Waals surface area (Å²) in [6, 6.07) is 1.64. The Balaban J connectivity index is 3.43. The molecule has 4 N–H and O–H groups in total. The summed E-state index contributed by atoms with van der Waals surface area (Å²) in [6.45, 7) is 3.27. The van der Waals surface area contributed by atoms with E-state index in [0.29, 0.717) is 21.7 Å². The van der Waals surface area contributed by atoms with Crippen molar-refractivity contribution < 1.29 is 15.0 Å². The number of hydrogen-bond donors (Lipinski definition) is 3. The predicted octanol–water partition coefficient (Wildman–Crippen LogP) is 1.79. The number of carbonyl (C=O) groups is 1. The van der Waals surface area contributed by atoms with Crippen LogP contribution in [-0.4, -0.2) is 22.7 Å². The van der Waals surface area contributed by atoms with Crippen molar-refractivity contribution in [3.63, 3.8) is 0 Å². The van der Waals surface area contributed by atoms with Crippen LogP contribution in [0.5, 0.6) is 5.75 Å². The zero-order valence-corrected chi connectivity index (χ0v) is 9.88. The van der Waals surface area contributed by atoms with Gasteiger partial charge in [0.15, 0.2) is 0 Å². The lowest BCUT2D eigenvalue weighted by atomic mass is 9.92. The number of phenols is 1. The van der Waals surface area contributed by atoms with Gasteiger partial charge in [-0.25, -0.2) is 0 Å². The van der Waals surface area contributed by atoms with Crippen molar-refractivity contribution in [3.8, 4) is 5.75 Å². The molecule has 0 radical (unpaired) electrons. The number of hydrogen-bond acceptors (Lipinski definition) is 3. The zero-order chi connectivity index (χ0) is 12.5. The number of carboxylic acid groups (broad SMARTS) is 1. The molecule has 4 nitrogen and oxygen atoms in total. The van der Waals surface area contributed by atoms with E-state index in [2.05, 4.69) is 0 Å². The van der Waals surface area contributed by atoms with Gasteiger partial charge in [-0.05, 0) is 25.5 Å². The van der Waals surface area contributed by atoms with Crippen LogP contribution in [0.25, 0.3) is 0 Å². The summed E-state index contributed by atoms with van der Waals surface area (Å²) in [5.41, 5.74) is 6.86. The Bertz CT molecular complexity index is 432. The van der Waals surface area contributed by atoms with Crippen LogP contribution in [0.2, 0.25) is 5.02 Å². The van der Waals surface area contributed by atoms with Gasteiger partial charge in [-0.15, -0.1) is 0 Å². The van der Waals surface area contributed by atoms with Crippen molar-refractivity contribution in [1.82, 2.24) is 0 Å². The Kier molecular flexibility index (Phi) is 3.78. The summed E-state index contributed by atoms with van der Waals surface area (Å²) in [5, 5.41) is 19.3. The maximum absolute atomic E-state index is 11.0. The van der Waals surface area contributed by atoms with E-state index in [4.69, 9.17) is 22.4 Å². The first-order valence-electron chi connectivity index (χ1n) is 4.81. The van der Waals surface area contributed by atoms with Gasteiger partial charge in [0, 0.05) is 22.7 Å². The molecule has 0 saturated heterocycles. The van der Waals surface area contributed by atoms with E-state index >= 15 is 0 Å². The summed E-state index contributed by atoms with van der Waals surface area (Å²) in [6.07, 6.45) is 0. The second kappa shape index (κ2) is 4.72. The molecule has 0 heterocycles. The van der Waals surface area contributed by atoms with E-state index in [0.717, 1.165) is 0 Å². The van der Waals surface area contributed by atoms with Gasteiger partial charge in [0.1, 0.15) is 5.75 Å². The van der Waals surface area contributed by atoms with Crippen molar-refractivity contribution in [2.24, 2.45) is 5.73 Å². The fourth-order valence-electron chi connectivity index (χ4n) is 1.66. The Morgan fingerprint density at radius 1 is 1.56 bits per heavy atom. The first-order valence-corrected chi connectivity index (χ1v) is 5.19. The first kappa shape index (κ1) is 12.8. The zero-order valence-electron chi connectivity index (χ0n) is 9.12. The van der Waals surface area contributed by atoms with Crippen LogP contribution in [0.15, 0.2) is 6.07 Å². The minimum Gasteiger partial charge on any atom is -0.507 e. The molecule has 0 fully saturated rings. The topological polar surface area (TPSA) is 83.5 Å². The maximum Gasteiger partial charge on any atom is 0.312 e. The lowest BCUT2D eigenvalue weighted by Gasteiger charge is -2.17. The van der Waals surface area contributed by atoms with E-state index < -0.39 is 11.9 Å². The Labute approximate surface area is 98.6 Å². The number of halogens is 1. The largest absolute Gasteiger partial charge is 0.507 e. The molecule has 5 heteroatoms. The number of aliphatic carboxylic acids is 1. The molecular weight excluding hydrogens is 230 g/mol. The lowest BCUT2D eigenvalue weighted by Crippen LogP contribution is -2.22. The molecular formula is C11H14ClNO3. The van der Waals surface area contributed by atoms with Gasteiger partial charge in [-0.2, -0.15) is 0 Å². The fourth-order valence-corrected chi connectivity index (χ4v) is 1.91. The number of aryl methyl sites for hydroxylation is 1. The summed E-state index contributed by atoms with van der Waals surface area (Å²) in [4.78, 5) is 11.0. The Morgan fingerprint density at radius 3 is 2.56 bits per heavy atom. The monoisotopic (exact) mass is 243 g/mol. The summed E-state index contributed by atoms with van der Waals surface area (Å²) in [5.74, 6) is -2.04. The third kappa shape index (κ3) is 2.13. The van der Waals surface area contributed by atoms with Crippen LogP contribution in [0.1, 0.15) is 22.6 Å². The highest BCUT2D eigenvalue weighted by Gasteiger charge is 2.25. The second-order valence-electron chi connectivity index (χ2n) is 3.69. The van der Waals surface area contributed by atoms with Gasteiger partial charge >= 0.3 is 5.97 Å². The van der Waals surface area contributed by atoms with Gasteiger partial charge in [0.2, 0.25) is 0 Å². The molecule has 0 aliphatic rings. The number of benzene rings is 1. The molecule has 0 bridgehead atoms. The van der Waals surface area contributed by atoms with Crippen molar-refractivity contribution in [2.45, 2.75) is 19.8 Å². The normalized spacial score (nSPS) is 12.5. The molecule has 1 aromatic carbocycles. The van der Waals surface area contributed by atoms with E-state index in [1.807, 2.05) is 0 Å². The van der Waals surface area contributed by atoms with Crippen LogP contribution in [0.4, 0.5) is 0 Å². The van der Waals surface area contributed by atoms with Crippen LogP contribution < -0.4 is 5.73 Å². The van der Waals surface area contributed by atoms with E-state index in [1.165, 1.54) is 0 Å². The van der Waals surface area contributed by atoms with Crippen molar-refractivity contribution in [2.75, 3.05) is 6.54 Å². The predicted molar refractivity (Wildman–Crippen MR) is 62.0 cm³/mol. The molecule has 16 heavy (non-hydrogen) atoms. The average Bonchev–Trinajstić information content (AvgIpc) is 2.20. The van der Waals surface area contributed by atoms with Crippen molar-refractivity contribution in [3.05, 3.63) is 27.8 Å². The number of aromatic hydroxyl groups is 1. The third-order valence-electron chi connectivity index (χ3n) is 2.62. The fraction of sp³-hybridized carbons (Fsp3) is 0.364. The SMILES string of the molecule is Cc1cc(Cl)c(C)c(O)c1C(CN)C(=O)O. The molecule has 0 saturated carbocycles. The Hall–Kier alpha value is -1.26. The summed E-state index contributed by atoms with van der Waals surface area (Å²) >= 11 is 5.88. The maximum atomic E-state index is 11.0.